The molecular weight excluding hydrogens is 276 g/mol. The van der Waals surface area contributed by atoms with Gasteiger partial charge in [0.15, 0.2) is 5.44 Å². The van der Waals surface area contributed by atoms with Crippen molar-refractivity contribution in [2.75, 3.05) is 0 Å². The fourth-order valence-corrected chi connectivity index (χ4v) is 2.44. The second kappa shape index (κ2) is 4.41. The summed E-state index contributed by atoms with van der Waals surface area (Å²) in [6, 6.07) is 7.92. The van der Waals surface area contributed by atoms with Gasteiger partial charge >= 0.3 is 5.97 Å². The predicted octanol–water partition coefficient (Wildman–Crippen LogP) is 3.37. The Bertz CT molecular complexity index is 411. The van der Waals surface area contributed by atoms with Crippen molar-refractivity contribution >= 4 is 33.7 Å². The van der Waals surface area contributed by atoms with Gasteiger partial charge in [-0.2, -0.15) is 0 Å². The van der Waals surface area contributed by atoms with E-state index in [2.05, 4.69) is 15.9 Å². The Labute approximate surface area is 101 Å². The Hall–Kier alpha value is -0.740. The van der Waals surface area contributed by atoms with E-state index in [0.29, 0.717) is 5.57 Å². The molecule has 1 unspecified atom stereocenters. The maximum absolute atomic E-state index is 11.1. The van der Waals surface area contributed by atoms with Crippen molar-refractivity contribution in [3.63, 3.8) is 0 Å². The first-order valence-electron chi connectivity index (χ1n) is 4.47. The van der Waals surface area contributed by atoms with Gasteiger partial charge in [-0.3, -0.25) is 0 Å². The first kappa shape index (κ1) is 10.8. The van der Waals surface area contributed by atoms with Crippen LogP contribution in [0.25, 0.3) is 0 Å². The predicted molar refractivity (Wildman–Crippen MR) is 63.6 cm³/mol. The number of rotatable bonds is 2. The molecule has 0 N–H and O–H groups in total. The summed E-state index contributed by atoms with van der Waals surface area (Å²) in [5.74, 6) is -0.218. The van der Waals surface area contributed by atoms with Gasteiger partial charge in [-0.25, -0.2) is 4.79 Å². The van der Waals surface area contributed by atoms with Crippen molar-refractivity contribution in [1.29, 1.82) is 0 Å². The van der Waals surface area contributed by atoms with Crippen LogP contribution in [0.3, 0.4) is 0 Å². The van der Waals surface area contributed by atoms with Crippen molar-refractivity contribution in [2.45, 2.75) is 17.3 Å². The van der Waals surface area contributed by atoms with Crippen LogP contribution in [0.5, 0.6) is 0 Å². The van der Waals surface area contributed by atoms with Crippen LogP contribution in [-0.2, 0) is 9.53 Å². The van der Waals surface area contributed by atoms with Gasteiger partial charge in [0.25, 0.3) is 0 Å². The minimum absolute atomic E-state index is 0.182. The van der Waals surface area contributed by atoms with Gasteiger partial charge in [-0.05, 0) is 37.3 Å². The van der Waals surface area contributed by atoms with Crippen molar-refractivity contribution < 1.29 is 9.53 Å². The van der Waals surface area contributed by atoms with Crippen LogP contribution in [-0.4, -0.2) is 11.4 Å². The molecule has 1 aliphatic heterocycles. The van der Waals surface area contributed by atoms with Crippen LogP contribution in [0.4, 0.5) is 0 Å². The standard InChI is InChI=1S/C11H9BrO2S/c1-7-6-10(14-11(7)13)15-9-4-2-8(12)3-5-9/h2-6,10H,1H3. The molecule has 0 amide bonds. The van der Waals surface area contributed by atoms with Crippen LogP contribution in [0.2, 0.25) is 0 Å². The minimum Gasteiger partial charge on any atom is -0.443 e. The highest BCUT2D eigenvalue weighted by molar-refractivity contribution is 9.10. The SMILES string of the molecule is CC1=CC(Sc2ccc(Br)cc2)OC1=O. The third-order valence-electron chi connectivity index (χ3n) is 2.00. The molecule has 78 valence electrons. The Balaban J connectivity index is 2.05. The fourth-order valence-electron chi connectivity index (χ4n) is 1.21. The maximum atomic E-state index is 11.1. The quantitative estimate of drug-likeness (QED) is 0.779. The van der Waals surface area contributed by atoms with Gasteiger partial charge in [0.1, 0.15) is 0 Å². The summed E-state index contributed by atoms with van der Waals surface area (Å²) >= 11 is 4.90. The topological polar surface area (TPSA) is 26.3 Å². The molecule has 0 saturated heterocycles. The first-order chi connectivity index (χ1) is 7.15. The fraction of sp³-hybridized carbons (Fsp3) is 0.182. The van der Waals surface area contributed by atoms with E-state index in [1.165, 1.54) is 11.8 Å². The van der Waals surface area contributed by atoms with Crippen molar-refractivity contribution in [3.8, 4) is 0 Å². The number of cyclic esters (lactones) is 1. The monoisotopic (exact) mass is 284 g/mol. The van der Waals surface area contributed by atoms with Crippen LogP contribution < -0.4 is 0 Å². The van der Waals surface area contributed by atoms with E-state index in [9.17, 15) is 4.79 Å². The molecule has 1 aliphatic rings. The number of thioether (sulfide) groups is 1. The number of hydrogen-bond acceptors (Lipinski definition) is 3. The van der Waals surface area contributed by atoms with Crippen LogP contribution >= 0.6 is 27.7 Å². The normalized spacial score (nSPS) is 20.0. The average Bonchev–Trinajstić information content (AvgIpc) is 2.50. The summed E-state index contributed by atoms with van der Waals surface area (Å²) in [6.07, 6.45) is 1.84. The zero-order valence-electron chi connectivity index (χ0n) is 8.07. The van der Waals surface area contributed by atoms with E-state index in [1.807, 2.05) is 30.3 Å². The third-order valence-corrected chi connectivity index (χ3v) is 3.53. The van der Waals surface area contributed by atoms with Gasteiger partial charge in [0, 0.05) is 14.9 Å². The molecule has 0 saturated carbocycles. The molecule has 4 heteroatoms. The lowest BCUT2D eigenvalue weighted by Gasteiger charge is -2.07. The summed E-state index contributed by atoms with van der Waals surface area (Å²) in [6.45, 7) is 1.77. The number of carbonyl (C=O) groups is 1. The molecule has 2 rings (SSSR count). The van der Waals surface area contributed by atoms with Crippen molar-refractivity contribution in [3.05, 3.63) is 40.4 Å². The van der Waals surface area contributed by atoms with E-state index >= 15 is 0 Å². The molecule has 0 fully saturated rings. The number of esters is 1. The summed E-state index contributed by atoms with van der Waals surface area (Å²) in [5, 5.41) is 0. The second-order valence-electron chi connectivity index (χ2n) is 3.20. The van der Waals surface area contributed by atoms with Gasteiger partial charge in [0.2, 0.25) is 0 Å². The van der Waals surface area contributed by atoms with E-state index in [-0.39, 0.29) is 11.4 Å². The highest BCUT2D eigenvalue weighted by Crippen LogP contribution is 2.30. The number of ether oxygens (including phenoxy) is 1. The summed E-state index contributed by atoms with van der Waals surface area (Å²) in [5.41, 5.74) is 0.503. The van der Waals surface area contributed by atoms with Gasteiger partial charge in [-0.15, -0.1) is 0 Å². The molecule has 0 spiro atoms. The van der Waals surface area contributed by atoms with E-state index < -0.39 is 0 Å². The number of benzene rings is 1. The van der Waals surface area contributed by atoms with Crippen LogP contribution in [0, 0.1) is 0 Å². The molecule has 0 radical (unpaired) electrons. The average molecular weight is 285 g/mol. The second-order valence-corrected chi connectivity index (χ2v) is 5.28. The minimum atomic E-state index is -0.218. The lowest BCUT2D eigenvalue weighted by Crippen LogP contribution is -2.03. The first-order valence-corrected chi connectivity index (χ1v) is 6.14. The third kappa shape index (κ3) is 2.63. The Kier molecular flexibility index (Phi) is 3.17. The molecule has 1 aromatic carbocycles. The molecule has 0 bridgehead atoms. The zero-order chi connectivity index (χ0) is 10.8. The van der Waals surface area contributed by atoms with Gasteiger partial charge < -0.3 is 4.74 Å². The van der Waals surface area contributed by atoms with Crippen LogP contribution in [0.15, 0.2) is 45.3 Å². The van der Waals surface area contributed by atoms with Gasteiger partial charge in [-0.1, -0.05) is 27.7 Å². The van der Waals surface area contributed by atoms with Gasteiger partial charge in [0.05, 0.1) is 0 Å². The van der Waals surface area contributed by atoms with Crippen molar-refractivity contribution in [2.24, 2.45) is 0 Å². The Morgan fingerprint density at radius 3 is 2.53 bits per heavy atom. The Morgan fingerprint density at radius 1 is 1.33 bits per heavy atom. The Morgan fingerprint density at radius 2 is 2.00 bits per heavy atom. The molecule has 0 aromatic heterocycles. The molecule has 1 atom stereocenters. The summed E-state index contributed by atoms with van der Waals surface area (Å²) in [7, 11) is 0. The largest absolute Gasteiger partial charge is 0.443 e. The number of halogens is 1. The lowest BCUT2D eigenvalue weighted by molar-refractivity contribution is -0.136. The summed E-state index contributed by atoms with van der Waals surface area (Å²) in [4.78, 5) is 12.2. The highest BCUT2D eigenvalue weighted by atomic mass is 79.9. The smallest absolute Gasteiger partial charge is 0.335 e. The van der Waals surface area contributed by atoms with E-state index in [0.717, 1.165) is 9.37 Å². The lowest BCUT2D eigenvalue weighted by atomic mass is 10.3. The molecule has 1 heterocycles. The van der Waals surface area contributed by atoms with Crippen LogP contribution in [0.1, 0.15) is 6.92 Å². The highest BCUT2D eigenvalue weighted by Gasteiger charge is 2.22. The maximum Gasteiger partial charge on any atom is 0.335 e. The molecule has 0 aliphatic carbocycles. The molecular formula is C11H9BrO2S. The van der Waals surface area contributed by atoms with E-state index in [1.54, 1.807) is 6.92 Å². The van der Waals surface area contributed by atoms with Crippen molar-refractivity contribution in [1.82, 2.24) is 0 Å². The van der Waals surface area contributed by atoms with E-state index in [4.69, 9.17) is 4.74 Å². The summed E-state index contributed by atoms with van der Waals surface area (Å²) < 4.78 is 6.17. The zero-order valence-corrected chi connectivity index (χ0v) is 10.5. The molecule has 15 heavy (non-hydrogen) atoms. The molecule has 2 nitrogen and oxygen atoms in total. The number of carbonyl (C=O) groups excluding carboxylic acids is 1. The number of hydrogen-bond donors (Lipinski definition) is 0. The molecule has 1 aromatic rings.